The maximum Gasteiger partial charge on any atom is 0.296 e. The fourth-order valence-corrected chi connectivity index (χ4v) is 0.865. The molecule has 11 heavy (non-hydrogen) atoms. The first kappa shape index (κ1) is 8.11. The van der Waals surface area contributed by atoms with Gasteiger partial charge in [0.15, 0.2) is 0 Å². The number of hydrogen-bond donors (Lipinski definition) is 0. The Bertz CT molecular complexity index is 218. The second-order valence-electron chi connectivity index (χ2n) is 2.66. The largest absolute Gasteiger partial charge is 0.462 e. The third kappa shape index (κ3) is 1.97. The van der Waals surface area contributed by atoms with E-state index in [1.54, 1.807) is 6.20 Å². The average Bonchev–Trinajstić information content (AvgIpc) is 2.34. The third-order valence-corrected chi connectivity index (χ3v) is 1.36. The number of aryl methyl sites for hydroxylation is 1. The van der Waals surface area contributed by atoms with Gasteiger partial charge in [0.1, 0.15) is 0 Å². The molecule has 1 aromatic heterocycles. The van der Waals surface area contributed by atoms with Crippen molar-refractivity contribution in [2.24, 2.45) is 0 Å². The summed E-state index contributed by atoms with van der Waals surface area (Å²) >= 11 is 0. The van der Waals surface area contributed by atoms with Gasteiger partial charge >= 0.3 is 0 Å². The molecule has 3 heteroatoms. The molecule has 1 aromatic rings. The molecule has 0 aliphatic heterocycles. The van der Waals surface area contributed by atoms with Crippen LogP contribution in [-0.4, -0.2) is 15.7 Å². The lowest BCUT2D eigenvalue weighted by molar-refractivity contribution is 0.212. The average molecular weight is 154 g/mol. The summed E-state index contributed by atoms with van der Waals surface area (Å²) in [7, 11) is 0. The van der Waals surface area contributed by atoms with Gasteiger partial charge in [-0.25, -0.2) is 4.98 Å². The van der Waals surface area contributed by atoms with E-state index < -0.39 is 0 Å². The van der Waals surface area contributed by atoms with Crippen LogP contribution in [0, 0.1) is 0 Å². The Morgan fingerprint density at radius 1 is 1.64 bits per heavy atom. The lowest BCUT2D eigenvalue weighted by Crippen LogP contribution is -2.10. The van der Waals surface area contributed by atoms with Crippen LogP contribution in [0.3, 0.4) is 0 Å². The maximum absolute atomic E-state index is 5.43. The summed E-state index contributed by atoms with van der Waals surface area (Å²) in [5, 5.41) is 0. The van der Waals surface area contributed by atoms with E-state index in [1.807, 2.05) is 24.6 Å². The smallest absolute Gasteiger partial charge is 0.296 e. The van der Waals surface area contributed by atoms with Gasteiger partial charge in [-0.15, -0.1) is 0 Å². The third-order valence-electron chi connectivity index (χ3n) is 1.36. The first-order chi connectivity index (χ1) is 5.24. The highest BCUT2D eigenvalue weighted by Crippen LogP contribution is 2.08. The highest BCUT2D eigenvalue weighted by atomic mass is 16.5. The predicted octanol–water partition coefficient (Wildman–Crippen LogP) is 1.69. The van der Waals surface area contributed by atoms with Crippen molar-refractivity contribution in [3.8, 4) is 6.01 Å². The van der Waals surface area contributed by atoms with Crippen LogP contribution >= 0.6 is 0 Å². The Morgan fingerprint density at radius 3 is 2.91 bits per heavy atom. The van der Waals surface area contributed by atoms with Crippen molar-refractivity contribution in [2.45, 2.75) is 33.4 Å². The van der Waals surface area contributed by atoms with Crippen molar-refractivity contribution in [3.05, 3.63) is 12.4 Å². The molecular weight excluding hydrogens is 140 g/mol. The zero-order valence-corrected chi connectivity index (χ0v) is 7.24. The van der Waals surface area contributed by atoms with Crippen LogP contribution in [0.15, 0.2) is 12.4 Å². The van der Waals surface area contributed by atoms with E-state index in [4.69, 9.17) is 4.74 Å². The summed E-state index contributed by atoms with van der Waals surface area (Å²) in [4.78, 5) is 4.07. The van der Waals surface area contributed by atoms with Gasteiger partial charge in [0.05, 0.1) is 6.10 Å². The molecule has 0 aliphatic rings. The fraction of sp³-hybridized carbons (Fsp3) is 0.625. The van der Waals surface area contributed by atoms with Crippen molar-refractivity contribution >= 4 is 0 Å². The van der Waals surface area contributed by atoms with Gasteiger partial charge in [0.25, 0.3) is 6.01 Å². The first-order valence-electron chi connectivity index (χ1n) is 3.91. The van der Waals surface area contributed by atoms with Gasteiger partial charge in [-0.1, -0.05) is 0 Å². The Morgan fingerprint density at radius 2 is 2.36 bits per heavy atom. The Balaban J connectivity index is 2.68. The molecule has 0 fully saturated rings. The number of ether oxygens (including phenoxy) is 1. The van der Waals surface area contributed by atoms with E-state index in [1.165, 1.54) is 0 Å². The molecule has 1 rings (SSSR count). The Hall–Kier alpha value is -0.990. The highest BCUT2D eigenvalue weighted by Gasteiger charge is 2.02. The Kier molecular flexibility index (Phi) is 2.52. The van der Waals surface area contributed by atoms with Crippen molar-refractivity contribution in [3.63, 3.8) is 0 Å². The van der Waals surface area contributed by atoms with Crippen LogP contribution in [0.2, 0.25) is 0 Å². The molecule has 62 valence electrons. The molecule has 0 atom stereocenters. The van der Waals surface area contributed by atoms with Crippen LogP contribution < -0.4 is 4.74 Å². The molecule has 0 aromatic carbocycles. The molecule has 3 nitrogen and oxygen atoms in total. The zero-order chi connectivity index (χ0) is 8.27. The first-order valence-corrected chi connectivity index (χ1v) is 3.91. The normalized spacial score (nSPS) is 10.5. The minimum absolute atomic E-state index is 0.197. The summed E-state index contributed by atoms with van der Waals surface area (Å²) in [5.74, 6) is 0. The minimum Gasteiger partial charge on any atom is -0.462 e. The van der Waals surface area contributed by atoms with Gasteiger partial charge in [-0.3, -0.25) is 0 Å². The second kappa shape index (κ2) is 3.42. The topological polar surface area (TPSA) is 27.1 Å². The maximum atomic E-state index is 5.43. The molecule has 0 spiro atoms. The molecule has 1 heterocycles. The van der Waals surface area contributed by atoms with Gasteiger partial charge in [-0.2, -0.15) is 0 Å². The number of hydrogen-bond acceptors (Lipinski definition) is 2. The van der Waals surface area contributed by atoms with E-state index in [-0.39, 0.29) is 6.10 Å². The molecule has 0 unspecified atom stereocenters. The van der Waals surface area contributed by atoms with E-state index >= 15 is 0 Å². The van der Waals surface area contributed by atoms with Gasteiger partial charge < -0.3 is 9.30 Å². The summed E-state index contributed by atoms with van der Waals surface area (Å²) in [6.07, 6.45) is 3.86. The van der Waals surface area contributed by atoms with Crippen LogP contribution in [0.1, 0.15) is 20.8 Å². The van der Waals surface area contributed by atoms with E-state index in [0.717, 1.165) is 6.54 Å². The summed E-state index contributed by atoms with van der Waals surface area (Å²) in [6.45, 7) is 6.96. The summed E-state index contributed by atoms with van der Waals surface area (Å²) in [6, 6.07) is 0.711. The van der Waals surface area contributed by atoms with Crippen LogP contribution in [0.4, 0.5) is 0 Å². The Labute approximate surface area is 67.0 Å². The lowest BCUT2D eigenvalue weighted by Gasteiger charge is -2.09. The van der Waals surface area contributed by atoms with Gasteiger partial charge in [-0.05, 0) is 20.8 Å². The van der Waals surface area contributed by atoms with Crippen molar-refractivity contribution in [1.82, 2.24) is 9.55 Å². The van der Waals surface area contributed by atoms with Gasteiger partial charge in [0, 0.05) is 18.9 Å². The number of rotatable bonds is 3. The van der Waals surface area contributed by atoms with Crippen molar-refractivity contribution in [2.75, 3.05) is 0 Å². The van der Waals surface area contributed by atoms with Crippen molar-refractivity contribution in [1.29, 1.82) is 0 Å². The van der Waals surface area contributed by atoms with Crippen LogP contribution in [0.5, 0.6) is 6.01 Å². The molecule has 0 N–H and O–H groups in total. The standard InChI is InChI=1S/C8H14N2O/c1-4-10-6-5-9-8(10)11-7(2)3/h5-7H,4H2,1-3H3. The summed E-state index contributed by atoms with van der Waals surface area (Å²) in [5.41, 5.74) is 0. The van der Waals surface area contributed by atoms with E-state index in [0.29, 0.717) is 6.01 Å². The zero-order valence-electron chi connectivity index (χ0n) is 7.24. The minimum atomic E-state index is 0.197. The highest BCUT2D eigenvalue weighted by molar-refractivity contribution is 4.98. The lowest BCUT2D eigenvalue weighted by atomic mass is 10.5. The van der Waals surface area contributed by atoms with E-state index in [9.17, 15) is 0 Å². The molecule has 0 aliphatic carbocycles. The van der Waals surface area contributed by atoms with Gasteiger partial charge in [0.2, 0.25) is 0 Å². The number of nitrogens with zero attached hydrogens (tertiary/aromatic N) is 2. The molecule has 0 radical (unpaired) electrons. The van der Waals surface area contributed by atoms with Crippen LogP contribution in [0.25, 0.3) is 0 Å². The monoisotopic (exact) mass is 154 g/mol. The second-order valence-corrected chi connectivity index (χ2v) is 2.66. The SMILES string of the molecule is CCn1ccnc1OC(C)C. The molecule has 0 amide bonds. The number of aromatic nitrogens is 2. The summed E-state index contributed by atoms with van der Waals surface area (Å²) < 4.78 is 7.40. The predicted molar refractivity (Wildman–Crippen MR) is 43.7 cm³/mol. The van der Waals surface area contributed by atoms with E-state index in [2.05, 4.69) is 11.9 Å². The molecule has 0 saturated carbocycles. The molecule has 0 bridgehead atoms. The van der Waals surface area contributed by atoms with Crippen LogP contribution in [-0.2, 0) is 6.54 Å². The quantitative estimate of drug-likeness (QED) is 0.662. The molecule has 0 saturated heterocycles. The van der Waals surface area contributed by atoms with Crippen molar-refractivity contribution < 1.29 is 4.74 Å². The molecular formula is C8H14N2O. The fourth-order valence-electron chi connectivity index (χ4n) is 0.865. The number of imidazole rings is 1.